The lowest BCUT2D eigenvalue weighted by Gasteiger charge is -2.15. The quantitative estimate of drug-likeness (QED) is 0.863. The van der Waals surface area contributed by atoms with Crippen LogP contribution in [0, 0.1) is 5.92 Å². The Hall–Kier alpha value is -1.16. The molecule has 4 heteroatoms. The molecule has 0 amide bonds. The van der Waals surface area contributed by atoms with Crippen molar-refractivity contribution in [3.05, 3.63) is 18.0 Å². The number of rotatable bonds is 4. The number of nitrogens with one attached hydrogen (secondary N) is 1. The van der Waals surface area contributed by atoms with Crippen LogP contribution in [-0.4, -0.2) is 29.1 Å². The second kappa shape index (κ2) is 5.45. The van der Waals surface area contributed by atoms with Crippen LogP contribution in [0.5, 0.6) is 0 Å². The molecule has 0 saturated carbocycles. The highest BCUT2D eigenvalue weighted by Gasteiger charge is 2.20. The van der Waals surface area contributed by atoms with E-state index >= 15 is 0 Å². The molecule has 0 radical (unpaired) electrons. The van der Waals surface area contributed by atoms with Crippen LogP contribution in [0.3, 0.4) is 0 Å². The number of hydrogen-bond donors (Lipinski definition) is 1. The summed E-state index contributed by atoms with van der Waals surface area (Å²) in [6, 6.07) is 0.495. The van der Waals surface area contributed by atoms with Gasteiger partial charge in [0.25, 0.3) is 0 Å². The zero-order valence-corrected chi connectivity index (χ0v) is 11.0. The van der Waals surface area contributed by atoms with E-state index < -0.39 is 0 Å². The normalized spacial score (nSPS) is 20.2. The fourth-order valence-electron chi connectivity index (χ4n) is 2.04. The Kier molecular flexibility index (Phi) is 3.94. The van der Waals surface area contributed by atoms with Crippen LogP contribution in [0.4, 0.5) is 5.95 Å². The van der Waals surface area contributed by atoms with E-state index in [4.69, 9.17) is 0 Å². The standard InChI is InChI=1S/C13H22N4/c1-10(2)14-6-12-7-15-13(16-8-12)17-5-4-11(3)9-17/h7-8,10-11,14H,4-6,9H2,1-3H3. The molecule has 1 aliphatic heterocycles. The Morgan fingerprint density at radius 2 is 2.12 bits per heavy atom. The predicted molar refractivity (Wildman–Crippen MR) is 70.0 cm³/mol. The van der Waals surface area contributed by atoms with Gasteiger partial charge in [0.2, 0.25) is 5.95 Å². The van der Waals surface area contributed by atoms with Gasteiger partial charge < -0.3 is 10.2 Å². The summed E-state index contributed by atoms with van der Waals surface area (Å²) in [5.41, 5.74) is 1.15. The van der Waals surface area contributed by atoms with Gasteiger partial charge in [-0.05, 0) is 12.3 Å². The largest absolute Gasteiger partial charge is 0.341 e. The van der Waals surface area contributed by atoms with Gasteiger partial charge in [-0.2, -0.15) is 0 Å². The Balaban J connectivity index is 1.93. The van der Waals surface area contributed by atoms with Crippen LogP contribution in [0.25, 0.3) is 0 Å². The highest BCUT2D eigenvalue weighted by molar-refractivity contribution is 5.31. The third-order valence-electron chi connectivity index (χ3n) is 3.11. The second-order valence-corrected chi connectivity index (χ2v) is 5.27. The zero-order chi connectivity index (χ0) is 12.3. The summed E-state index contributed by atoms with van der Waals surface area (Å²) in [5.74, 6) is 1.64. The summed E-state index contributed by atoms with van der Waals surface area (Å²) >= 11 is 0. The first-order valence-electron chi connectivity index (χ1n) is 6.44. The van der Waals surface area contributed by atoms with E-state index in [2.05, 4.69) is 41.0 Å². The number of hydrogen-bond acceptors (Lipinski definition) is 4. The molecular formula is C13H22N4. The topological polar surface area (TPSA) is 41.1 Å². The maximum absolute atomic E-state index is 4.45. The lowest BCUT2D eigenvalue weighted by atomic mass is 10.2. The summed E-state index contributed by atoms with van der Waals surface area (Å²) in [6.45, 7) is 9.57. The smallest absolute Gasteiger partial charge is 0.225 e. The summed E-state index contributed by atoms with van der Waals surface area (Å²) < 4.78 is 0. The van der Waals surface area contributed by atoms with Crippen molar-refractivity contribution in [1.82, 2.24) is 15.3 Å². The van der Waals surface area contributed by atoms with E-state index in [0.717, 1.165) is 37.1 Å². The number of aromatic nitrogens is 2. The molecule has 1 N–H and O–H groups in total. The van der Waals surface area contributed by atoms with E-state index in [9.17, 15) is 0 Å². The van der Waals surface area contributed by atoms with E-state index in [-0.39, 0.29) is 0 Å². The fraction of sp³-hybridized carbons (Fsp3) is 0.692. The molecule has 2 rings (SSSR count). The molecule has 2 heterocycles. The molecule has 17 heavy (non-hydrogen) atoms. The van der Waals surface area contributed by atoms with Crippen LogP contribution in [-0.2, 0) is 6.54 Å². The Morgan fingerprint density at radius 3 is 2.65 bits per heavy atom. The zero-order valence-electron chi connectivity index (χ0n) is 11.0. The number of nitrogens with zero attached hydrogens (tertiary/aromatic N) is 3. The van der Waals surface area contributed by atoms with Crippen molar-refractivity contribution >= 4 is 5.95 Å². The van der Waals surface area contributed by atoms with E-state index in [1.807, 2.05) is 12.4 Å². The molecule has 1 atom stereocenters. The maximum Gasteiger partial charge on any atom is 0.225 e. The third kappa shape index (κ3) is 3.40. The first-order chi connectivity index (χ1) is 8.15. The molecule has 1 aromatic rings. The summed E-state index contributed by atoms with van der Waals surface area (Å²) in [6.07, 6.45) is 5.11. The molecule has 1 unspecified atom stereocenters. The first kappa shape index (κ1) is 12.3. The van der Waals surface area contributed by atoms with Crippen molar-refractivity contribution in [3.8, 4) is 0 Å². The van der Waals surface area contributed by atoms with Gasteiger partial charge in [-0.15, -0.1) is 0 Å². The Bertz CT molecular complexity index is 347. The molecule has 94 valence electrons. The molecule has 0 spiro atoms. The minimum absolute atomic E-state index is 0.495. The average molecular weight is 234 g/mol. The molecule has 1 saturated heterocycles. The molecular weight excluding hydrogens is 212 g/mol. The highest BCUT2D eigenvalue weighted by atomic mass is 15.3. The van der Waals surface area contributed by atoms with Crippen LogP contribution >= 0.6 is 0 Å². The van der Waals surface area contributed by atoms with E-state index in [1.165, 1.54) is 6.42 Å². The lowest BCUT2D eigenvalue weighted by Crippen LogP contribution is -2.23. The predicted octanol–water partition coefficient (Wildman–Crippen LogP) is 1.82. The summed E-state index contributed by atoms with van der Waals surface area (Å²) in [4.78, 5) is 11.2. The average Bonchev–Trinajstić information content (AvgIpc) is 2.74. The van der Waals surface area contributed by atoms with Gasteiger partial charge in [-0.25, -0.2) is 9.97 Å². The molecule has 0 aliphatic carbocycles. The molecule has 1 aliphatic rings. The monoisotopic (exact) mass is 234 g/mol. The van der Waals surface area contributed by atoms with Gasteiger partial charge in [0.05, 0.1) is 0 Å². The van der Waals surface area contributed by atoms with Crippen molar-refractivity contribution in [2.45, 2.75) is 39.8 Å². The second-order valence-electron chi connectivity index (χ2n) is 5.27. The van der Waals surface area contributed by atoms with E-state index in [1.54, 1.807) is 0 Å². The van der Waals surface area contributed by atoms with Crippen molar-refractivity contribution in [2.24, 2.45) is 5.92 Å². The van der Waals surface area contributed by atoms with Gasteiger partial charge in [0.15, 0.2) is 0 Å². The van der Waals surface area contributed by atoms with Gasteiger partial charge in [0.1, 0.15) is 0 Å². The van der Waals surface area contributed by atoms with Crippen LogP contribution in [0.15, 0.2) is 12.4 Å². The molecule has 0 bridgehead atoms. The fourth-order valence-corrected chi connectivity index (χ4v) is 2.04. The molecule has 1 aromatic heterocycles. The van der Waals surface area contributed by atoms with Gasteiger partial charge in [-0.3, -0.25) is 0 Å². The Morgan fingerprint density at radius 1 is 1.41 bits per heavy atom. The molecule has 1 fully saturated rings. The third-order valence-corrected chi connectivity index (χ3v) is 3.11. The van der Waals surface area contributed by atoms with Gasteiger partial charge >= 0.3 is 0 Å². The van der Waals surface area contributed by atoms with Gasteiger partial charge in [0, 0.05) is 43.6 Å². The number of anilines is 1. The first-order valence-corrected chi connectivity index (χ1v) is 6.44. The van der Waals surface area contributed by atoms with Gasteiger partial charge in [-0.1, -0.05) is 20.8 Å². The molecule has 0 aromatic carbocycles. The maximum atomic E-state index is 4.45. The van der Waals surface area contributed by atoms with Crippen LogP contribution in [0.2, 0.25) is 0 Å². The Labute approximate surface area is 103 Å². The minimum Gasteiger partial charge on any atom is -0.341 e. The van der Waals surface area contributed by atoms with Crippen LogP contribution < -0.4 is 10.2 Å². The van der Waals surface area contributed by atoms with Crippen molar-refractivity contribution in [1.29, 1.82) is 0 Å². The van der Waals surface area contributed by atoms with Crippen molar-refractivity contribution in [3.63, 3.8) is 0 Å². The minimum atomic E-state index is 0.495. The summed E-state index contributed by atoms with van der Waals surface area (Å²) in [5, 5.41) is 3.36. The van der Waals surface area contributed by atoms with E-state index in [0.29, 0.717) is 6.04 Å². The van der Waals surface area contributed by atoms with Crippen molar-refractivity contribution in [2.75, 3.05) is 18.0 Å². The van der Waals surface area contributed by atoms with Crippen molar-refractivity contribution < 1.29 is 0 Å². The molecule has 4 nitrogen and oxygen atoms in total. The van der Waals surface area contributed by atoms with Crippen LogP contribution in [0.1, 0.15) is 32.8 Å². The summed E-state index contributed by atoms with van der Waals surface area (Å²) in [7, 11) is 0. The SMILES string of the molecule is CC1CCN(c2ncc(CNC(C)C)cn2)C1. The highest BCUT2D eigenvalue weighted by Crippen LogP contribution is 2.19. The lowest BCUT2D eigenvalue weighted by molar-refractivity contribution is 0.586.